The van der Waals surface area contributed by atoms with Crippen LogP contribution in [-0.2, 0) is 4.74 Å². The van der Waals surface area contributed by atoms with Gasteiger partial charge in [-0.15, -0.1) is 0 Å². The molecule has 0 aliphatic carbocycles. The Hall–Kier alpha value is -0.420. The number of urea groups is 1. The van der Waals surface area contributed by atoms with Crippen LogP contribution in [0.5, 0.6) is 0 Å². The topological polar surface area (TPSA) is 50.4 Å². The molecule has 1 fully saturated rings. The summed E-state index contributed by atoms with van der Waals surface area (Å²) >= 11 is 1.75. The monoisotopic (exact) mass is 232 g/mol. The molecule has 2 N–H and O–H groups in total. The van der Waals surface area contributed by atoms with Crippen LogP contribution < -0.4 is 10.6 Å². The van der Waals surface area contributed by atoms with Gasteiger partial charge in [0.15, 0.2) is 0 Å². The van der Waals surface area contributed by atoms with Gasteiger partial charge in [-0.3, -0.25) is 0 Å². The van der Waals surface area contributed by atoms with Crippen molar-refractivity contribution in [3.63, 3.8) is 0 Å². The number of hydrogen-bond acceptors (Lipinski definition) is 3. The van der Waals surface area contributed by atoms with Crippen molar-refractivity contribution in [2.24, 2.45) is 0 Å². The van der Waals surface area contributed by atoms with Gasteiger partial charge in [-0.25, -0.2) is 4.79 Å². The molecule has 4 nitrogen and oxygen atoms in total. The molecule has 0 spiro atoms. The van der Waals surface area contributed by atoms with E-state index in [1.54, 1.807) is 11.8 Å². The first-order chi connectivity index (χ1) is 7.26. The lowest BCUT2D eigenvalue weighted by Gasteiger charge is -2.18. The highest BCUT2D eigenvalue weighted by atomic mass is 32.2. The number of nitrogens with one attached hydrogen (secondary N) is 2. The second kappa shape index (κ2) is 6.95. The van der Waals surface area contributed by atoms with Crippen LogP contribution in [0.4, 0.5) is 4.79 Å². The van der Waals surface area contributed by atoms with Crippen molar-refractivity contribution >= 4 is 17.8 Å². The molecule has 0 aromatic heterocycles. The molecule has 5 heteroatoms. The zero-order valence-electron chi connectivity index (χ0n) is 9.41. The number of amides is 2. The number of carbonyl (C=O) groups excluding carboxylic acids is 1. The summed E-state index contributed by atoms with van der Waals surface area (Å²) in [5, 5.41) is 5.89. The quantitative estimate of drug-likeness (QED) is 0.749. The normalized spacial score (nSPS) is 22.4. The van der Waals surface area contributed by atoms with Gasteiger partial charge in [0.1, 0.15) is 0 Å². The summed E-state index contributed by atoms with van der Waals surface area (Å²) < 4.78 is 5.19. The van der Waals surface area contributed by atoms with Crippen LogP contribution in [0.3, 0.4) is 0 Å². The van der Waals surface area contributed by atoms with Crippen molar-refractivity contribution in [2.45, 2.75) is 31.8 Å². The molecule has 0 bridgehead atoms. The van der Waals surface area contributed by atoms with Crippen molar-refractivity contribution in [1.82, 2.24) is 10.6 Å². The first-order valence-electron chi connectivity index (χ1n) is 5.40. The molecule has 0 aromatic carbocycles. The van der Waals surface area contributed by atoms with Gasteiger partial charge in [0.25, 0.3) is 0 Å². The number of thioether (sulfide) groups is 1. The van der Waals surface area contributed by atoms with E-state index in [2.05, 4.69) is 17.6 Å². The van der Waals surface area contributed by atoms with E-state index in [1.807, 2.05) is 6.26 Å². The summed E-state index contributed by atoms with van der Waals surface area (Å²) in [7, 11) is 0. The maximum atomic E-state index is 11.6. The molecular formula is C10H20N2O2S. The average Bonchev–Trinajstić information content (AvgIpc) is 2.69. The minimum absolute atomic E-state index is 0.0635. The third-order valence-corrected chi connectivity index (χ3v) is 3.20. The van der Waals surface area contributed by atoms with Crippen LogP contribution in [0.1, 0.15) is 19.8 Å². The maximum Gasteiger partial charge on any atom is 0.315 e. The highest BCUT2D eigenvalue weighted by Crippen LogP contribution is 2.04. The molecule has 0 saturated carbocycles. The Morgan fingerprint density at radius 1 is 1.67 bits per heavy atom. The van der Waals surface area contributed by atoms with Gasteiger partial charge in [-0.1, -0.05) is 6.92 Å². The molecule has 0 radical (unpaired) electrons. The van der Waals surface area contributed by atoms with E-state index in [9.17, 15) is 4.79 Å². The summed E-state index contributed by atoms with van der Waals surface area (Å²) in [6.45, 7) is 3.49. The number of carbonyl (C=O) groups is 1. The van der Waals surface area contributed by atoms with Gasteiger partial charge < -0.3 is 15.4 Å². The minimum Gasteiger partial charge on any atom is -0.379 e. The van der Waals surface area contributed by atoms with Crippen LogP contribution in [0, 0.1) is 0 Å². The fourth-order valence-electron chi connectivity index (χ4n) is 1.52. The van der Waals surface area contributed by atoms with Gasteiger partial charge in [0.05, 0.1) is 12.6 Å². The molecular weight excluding hydrogens is 212 g/mol. The molecule has 15 heavy (non-hydrogen) atoms. The Morgan fingerprint density at radius 3 is 3.00 bits per heavy atom. The number of ether oxygens (including phenoxy) is 1. The smallest absolute Gasteiger partial charge is 0.315 e. The molecule has 1 aliphatic heterocycles. The Labute approximate surface area is 95.5 Å². The fraction of sp³-hybridized carbons (Fsp3) is 0.900. The number of rotatable bonds is 5. The zero-order chi connectivity index (χ0) is 11.1. The summed E-state index contributed by atoms with van der Waals surface area (Å²) in [6, 6.07) is 0.394. The summed E-state index contributed by atoms with van der Waals surface area (Å²) in [5.74, 6) is 0.963. The van der Waals surface area contributed by atoms with E-state index in [4.69, 9.17) is 4.74 Å². The standard InChI is InChI=1S/C10H20N2O2S/c1-3-8(7-15-2)11-10(13)12-9-4-5-14-6-9/h8-9H,3-7H2,1-2H3,(H2,11,12,13). The molecule has 0 aromatic rings. The molecule has 2 atom stereocenters. The zero-order valence-corrected chi connectivity index (χ0v) is 10.2. The Kier molecular flexibility index (Phi) is 5.86. The van der Waals surface area contributed by atoms with Crippen molar-refractivity contribution in [3.05, 3.63) is 0 Å². The van der Waals surface area contributed by atoms with Crippen LogP contribution in [0.2, 0.25) is 0 Å². The lowest BCUT2D eigenvalue weighted by molar-refractivity contribution is 0.188. The lowest BCUT2D eigenvalue weighted by atomic mass is 10.2. The summed E-state index contributed by atoms with van der Waals surface area (Å²) in [4.78, 5) is 11.6. The fourth-order valence-corrected chi connectivity index (χ4v) is 2.24. The van der Waals surface area contributed by atoms with E-state index in [0.29, 0.717) is 6.61 Å². The Balaban J connectivity index is 2.20. The molecule has 1 aliphatic rings. The molecule has 2 amide bonds. The van der Waals surface area contributed by atoms with E-state index in [-0.39, 0.29) is 18.1 Å². The van der Waals surface area contributed by atoms with E-state index < -0.39 is 0 Å². The predicted octanol–water partition coefficient (Wildman–Crippen LogP) is 1.22. The predicted molar refractivity (Wildman–Crippen MR) is 63.4 cm³/mol. The van der Waals surface area contributed by atoms with Crippen molar-refractivity contribution < 1.29 is 9.53 Å². The van der Waals surface area contributed by atoms with Crippen LogP contribution in [-0.4, -0.2) is 43.3 Å². The maximum absolute atomic E-state index is 11.6. The van der Waals surface area contributed by atoms with Crippen LogP contribution in [0.15, 0.2) is 0 Å². The Morgan fingerprint density at radius 2 is 2.47 bits per heavy atom. The second-order valence-corrected chi connectivity index (χ2v) is 4.65. The highest BCUT2D eigenvalue weighted by molar-refractivity contribution is 7.98. The molecule has 2 unspecified atom stereocenters. The van der Waals surface area contributed by atoms with Crippen LogP contribution in [0.25, 0.3) is 0 Å². The number of hydrogen-bond donors (Lipinski definition) is 2. The van der Waals surface area contributed by atoms with Gasteiger partial charge in [-0.2, -0.15) is 11.8 Å². The first kappa shape index (κ1) is 12.6. The first-order valence-corrected chi connectivity index (χ1v) is 6.79. The minimum atomic E-state index is -0.0635. The van der Waals surface area contributed by atoms with Gasteiger partial charge in [0, 0.05) is 18.4 Å². The van der Waals surface area contributed by atoms with Gasteiger partial charge >= 0.3 is 6.03 Å². The summed E-state index contributed by atoms with van der Waals surface area (Å²) in [6.07, 6.45) is 3.94. The van der Waals surface area contributed by atoms with Gasteiger partial charge in [-0.05, 0) is 19.1 Å². The molecule has 88 valence electrons. The lowest BCUT2D eigenvalue weighted by Crippen LogP contribution is -2.47. The average molecular weight is 232 g/mol. The van der Waals surface area contributed by atoms with Gasteiger partial charge in [0.2, 0.25) is 0 Å². The SMILES string of the molecule is CCC(CSC)NC(=O)NC1CCOC1. The third-order valence-electron chi connectivity index (χ3n) is 2.46. The third kappa shape index (κ3) is 4.75. The van der Waals surface area contributed by atoms with Crippen molar-refractivity contribution in [3.8, 4) is 0 Å². The van der Waals surface area contributed by atoms with E-state index in [0.717, 1.165) is 25.2 Å². The summed E-state index contributed by atoms with van der Waals surface area (Å²) in [5.41, 5.74) is 0. The largest absolute Gasteiger partial charge is 0.379 e. The molecule has 1 rings (SSSR count). The molecule has 1 heterocycles. The van der Waals surface area contributed by atoms with Crippen molar-refractivity contribution in [1.29, 1.82) is 0 Å². The van der Waals surface area contributed by atoms with Crippen molar-refractivity contribution in [2.75, 3.05) is 25.2 Å². The second-order valence-electron chi connectivity index (χ2n) is 3.74. The Bertz CT molecular complexity index is 196. The molecule has 1 saturated heterocycles. The van der Waals surface area contributed by atoms with Crippen LogP contribution >= 0.6 is 11.8 Å². The van der Waals surface area contributed by atoms with E-state index >= 15 is 0 Å². The van der Waals surface area contributed by atoms with E-state index in [1.165, 1.54) is 0 Å². The highest BCUT2D eigenvalue weighted by Gasteiger charge is 2.18.